The van der Waals surface area contributed by atoms with Gasteiger partial charge >= 0.3 is 0 Å². The maximum Gasteiger partial charge on any atom is 0.287 e. The lowest BCUT2D eigenvalue weighted by molar-refractivity contribution is 0.0339. The maximum absolute atomic E-state index is 12.6. The van der Waals surface area contributed by atoms with E-state index in [4.69, 9.17) is 9.15 Å². The first-order valence-corrected chi connectivity index (χ1v) is 8.97. The number of hydrogen-bond donors (Lipinski definition) is 1. The predicted molar refractivity (Wildman–Crippen MR) is 94.5 cm³/mol. The molecule has 0 unspecified atom stereocenters. The quantitative estimate of drug-likeness (QED) is 0.878. The van der Waals surface area contributed by atoms with Crippen LogP contribution in [0.2, 0.25) is 0 Å². The van der Waals surface area contributed by atoms with E-state index < -0.39 is 0 Å². The smallest absolute Gasteiger partial charge is 0.287 e. The normalized spacial score (nSPS) is 19.5. The SMILES string of the molecule is O=C(NCC1(c2ccccc2)CC1)c1occc1CN1CCOCC1. The fourth-order valence-electron chi connectivity index (χ4n) is 3.50. The number of ether oxygens (including phenoxy) is 1. The fourth-order valence-corrected chi connectivity index (χ4v) is 3.50. The molecule has 1 amide bonds. The molecule has 0 bridgehead atoms. The van der Waals surface area contributed by atoms with E-state index in [1.54, 1.807) is 6.26 Å². The molecule has 1 aliphatic carbocycles. The van der Waals surface area contributed by atoms with E-state index in [1.807, 2.05) is 12.1 Å². The van der Waals surface area contributed by atoms with Gasteiger partial charge in [0.1, 0.15) is 0 Å². The summed E-state index contributed by atoms with van der Waals surface area (Å²) in [7, 11) is 0. The number of benzene rings is 1. The Morgan fingerprint density at radius 3 is 2.60 bits per heavy atom. The summed E-state index contributed by atoms with van der Waals surface area (Å²) in [6, 6.07) is 12.3. The van der Waals surface area contributed by atoms with Crippen molar-refractivity contribution < 1.29 is 13.9 Å². The number of furan rings is 1. The number of rotatable bonds is 6. The molecule has 5 nitrogen and oxygen atoms in total. The summed E-state index contributed by atoms with van der Waals surface area (Å²) in [5.41, 5.74) is 2.36. The number of nitrogens with one attached hydrogen (secondary N) is 1. The number of amides is 1. The van der Waals surface area contributed by atoms with Gasteiger partial charge in [0.2, 0.25) is 0 Å². The lowest BCUT2D eigenvalue weighted by Crippen LogP contribution is -2.36. The van der Waals surface area contributed by atoms with Crippen molar-refractivity contribution in [2.75, 3.05) is 32.8 Å². The molecule has 2 aliphatic rings. The number of hydrogen-bond acceptors (Lipinski definition) is 4. The second-order valence-electron chi connectivity index (χ2n) is 6.99. The second-order valence-corrected chi connectivity index (χ2v) is 6.99. The summed E-state index contributed by atoms with van der Waals surface area (Å²) in [5, 5.41) is 3.09. The van der Waals surface area contributed by atoms with Crippen molar-refractivity contribution >= 4 is 5.91 Å². The Balaban J connectivity index is 1.38. The van der Waals surface area contributed by atoms with Crippen molar-refractivity contribution in [2.45, 2.75) is 24.8 Å². The number of nitrogens with zero attached hydrogens (tertiary/aromatic N) is 1. The molecule has 1 saturated heterocycles. The standard InChI is InChI=1S/C20H24N2O3/c23-19(21-15-20(7-8-20)17-4-2-1-3-5-17)18-16(6-11-25-18)14-22-9-12-24-13-10-22/h1-6,11H,7-10,12-15H2,(H,21,23). The summed E-state index contributed by atoms with van der Waals surface area (Å²) in [6.07, 6.45) is 3.85. The van der Waals surface area contributed by atoms with Gasteiger partial charge in [0, 0.05) is 37.2 Å². The Morgan fingerprint density at radius 2 is 1.88 bits per heavy atom. The zero-order valence-corrected chi connectivity index (χ0v) is 14.4. The van der Waals surface area contributed by atoms with E-state index >= 15 is 0 Å². The van der Waals surface area contributed by atoms with Crippen molar-refractivity contribution in [3.8, 4) is 0 Å². The van der Waals surface area contributed by atoms with Crippen LogP contribution >= 0.6 is 0 Å². The van der Waals surface area contributed by atoms with Crippen LogP contribution in [0.3, 0.4) is 0 Å². The average molecular weight is 340 g/mol. The van der Waals surface area contributed by atoms with Crippen LogP contribution in [0.15, 0.2) is 47.1 Å². The van der Waals surface area contributed by atoms with Crippen molar-refractivity contribution in [1.29, 1.82) is 0 Å². The first-order chi connectivity index (χ1) is 12.3. The van der Waals surface area contributed by atoms with E-state index in [-0.39, 0.29) is 11.3 Å². The minimum Gasteiger partial charge on any atom is -0.459 e. The van der Waals surface area contributed by atoms with E-state index in [0.717, 1.165) is 51.3 Å². The van der Waals surface area contributed by atoms with Crippen LogP contribution in [0, 0.1) is 0 Å². The number of carbonyl (C=O) groups excluding carboxylic acids is 1. The minimum absolute atomic E-state index is 0.105. The van der Waals surface area contributed by atoms with Gasteiger partial charge in [0.05, 0.1) is 19.5 Å². The van der Waals surface area contributed by atoms with Gasteiger partial charge in [-0.25, -0.2) is 0 Å². The maximum atomic E-state index is 12.6. The summed E-state index contributed by atoms with van der Waals surface area (Å²) >= 11 is 0. The van der Waals surface area contributed by atoms with Crippen LogP contribution < -0.4 is 5.32 Å². The van der Waals surface area contributed by atoms with Gasteiger partial charge in [-0.1, -0.05) is 30.3 Å². The molecule has 1 aromatic carbocycles. The molecule has 5 heteroatoms. The summed E-state index contributed by atoms with van der Waals surface area (Å²) in [5.74, 6) is 0.325. The molecular weight excluding hydrogens is 316 g/mol. The zero-order chi connectivity index (χ0) is 17.1. The van der Waals surface area contributed by atoms with E-state index in [9.17, 15) is 4.79 Å². The van der Waals surface area contributed by atoms with Gasteiger partial charge in [-0.2, -0.15) is 0 Å². The van der Waals surface area contributed by atoms with Crippen LogP contribution in [-0.4, -0.2) is 43.7 Å². The van der Waals surface area contributed by atoms with Crippen LogP contribution in [0.1, 0.15) is 34.5 Å². The molecule has 2 fully saturated rings. The second kappa shape index (κ2) is 7.02. The Bertz CT molecular complexity index is 716. The third kappa shape index (κ3) is 3.62. The van der Waals surface area contributed by atoms with Crippen molar-refractivity contribution in [1.82, 2.24) is 10.2 Å². The van der Waals surface area contributed by atoms with Crippen molar-refractivity contribution in [3.63, 3.8) is 0 Å². The van der Waals surface area contributed by atoms with Crippen molar-refractivity contribution in [2.24, 2.45) is 0 Å². The monoisotopic (exact) mass is 340 g/mol. The molecule has 1 aromatic heterocycles. The van der Waals surface area contributed by atoms with Gasteiger partial charge in [-0.15, -0.1) is 0 Å². The predicted octanol–water partition coefficient (Wildman–Crippen LogP) is 2.57. The largest absolute Gasteiger partial charge is 0.459 e. The highest BCUT2D eigenvalue weighted by Crippen LogP contribution is 2.47. The van der Waals surface area contributed by atoms with E-state index in [0.29, 0.717) is 12.3 Å². The van der Waals surface area contributed by atoms with Crippen LogP contribution in [0.25, 0.3) is 0 Å². The highest BCUT2D eigenvalue weighted by molar-refractivity contribution is 5.93. The van der Waals surface area contributed by atoms with Crippen LogP contribution in [0.4, 0.5) is 0 Å². The molecule has 132 valence electrons. The van der Waals surface area contributed by atoms with Gasteiger partial charge in [0.25, 0.3) is 5.91 Å². The Hall–Kier alpha value is -2.11. The molecular formula is C20H24N2O3. The van der Waals surface area contributed by atoms with Crippen LogP contribution in [-0.2, 0) is 16.7 Å². The van der Waals surface area contributed by atoms with E-state index in [1.165, 1.54) is 5.56 Å². The lowest BCUT2D eigenvalue weighted by Gasteiger charge is -2.26. The van der Waals surface area contributed by atoms with E-state index in [2.05, 4.69) is 34.5 Å². The average Bonchev–Trinajstić information content (AvgIpc) is 3.33. The molecule has 0 atom stereocenters. The molecule has 25 heavy (non-hydrogen) atoms. The minimum atomic E-state index is -0.115. The Labute approximate surface area is 148 Å². The molecule has 0 spiro atoms. The molecule has 2 aromatic rings. The first-order valence-electron chi connectivity index (χ1n) is 8.97. The highest BCUT2D eigenvalue weighted by atomic mass is 16.5. The number of morpholine rings is 1. The Kier molecular flexibility index (Phi) is 4.59. The van der Waals surface area contributed by atoms with Crippen molar-refractivity contribution in [3.05, 3.63) is 59.5 Å². The first kappa shape index (κ1) is 16.4. The van der Waals surface area contributed by atoms with Gasteiger partial charge < -0.3 is 14.5 Å². The third-order valence-corrected chi connectivity index (χ3v) is 5.28. The molecule has 4 rings (SSSR count). The Morgan fingerprint density at radius 1 is 1.12 bits per heavy atom. The van der Waals surface area contributed by atoms with Gasteiger partial charge in [0.15, 0.2) is 5.76 Å². The lowest BCUT2D eigenvalue weighted by atomic mass is 9.96. The third-order valence-electron chi connectivity index (χ3n) is 5.28. The molecule has 1 N–H and O–H groups in total. The summed E-state index contributed by atoms with van der Waals surface area (Å²) in [6.45, 7) is 4.67. The molecule has 1 aliphatic heterocycles. The molecule has 0 radical (unpaired) electrons. The number of carbonyl (C=O) groups is 1. The fraction of sp³-hybridized carbons (Fsp3) is 0.450. The molecule has 1 saturated carbocycles. The zero-order valence-electron chi connectivity index (χ0n) is 14.4. The highest BCUT2D eigenvalue weighted by Gasteiger charge is 2.44. The summed E-state index contributed by atoms with van der Waals surface area (Å²) in [4.78, 5) is 14.9. The van der Waals surface area contributed by atoms with Gasteiger partial charge in [-0.05, 0) is 24.5 Å². The van der Waals surface area contributed by atoms with Crippen LogP contribution in [0.5, 0.6) is 0 Å². The van der Waals surface area contributed by atoms with Gasteiger partial charge in [-0.3, -0.25) is 9.69 Å². The molecule has 2 heterocycles. The topological polar surface area (TPSA) is 54.7 Å². The summed E-state index contributed by atoms with van der Waals surface area (Å²) < 4.78 is 10.9.